The van der Waals surface area contributed by atoms with E-state index in [4.69, 9.17) is 15.7 Å². The van der Waals surface area contributed by atoms with Crippen LogP contribution >= 0.6 is 0 Å². The molecule has 0 bridgehead atoms. The quantitative estimate of drug-likeness (QED) is 0.439. The molecule has 5 rings (SSSR count). The van der Waals surface area contributed by atoms with Crippen molar-refractivity contribution >= 4 is 22.8 Å². The summed E-state index contributed by atoms with van der Waals surface area (Å²) in [6, 6.07) is 9.61. The lowest BCUT2D eigenvalue weighted by atomic mass is 9.97. The first kappa shape index (κ1) is 20.6. The van der Waals surface area contributed by atoms with E-state index >= 15 is 0 Å². The predicted octanol–water partition coefficient (Wildman–Crippen LogP) is 3.01. The Morgan fingerprint density at radius 3 is 2.88 bits per heavy atom. The molecule has 3 aromatic heterocycles. The number of amides is 1. The van der Waals surface area contributed by atoms with Crippen LogP contribution in [-0.2, 0) is 11.3 Å². The van der Waals surface area contributed by atoms with E-state index in [1.807, 2.05) is 0 Å². The van der Waals surface area contributed by atoms with Gasteiger partial charge in [-0.15, -0.1) is 0 Å². The van der Waals surface area contributed by atoms with Crippen molar-refractivity contribution in [2.45, 2.75) is 19.4 Å². The van der Waals surface area contributed by atoms with Crippen LogP contribution in [0.25, 0.3) is 22.7 Å². The van der Waals surface area contributed by atoms with Gasteiger partial charge in [0.15, 0.2) is 0 Å². The van der Waals surface area contributed by atoms with Crippen molar-refractivity contribution < 1.29 is 13.7 Å². The Morgan fingerprint density at radius 1 is 1.27 bits per heavy atom. The highest BCUT2D eigenvalue weighted by molar-refractivity contribution is 6.30. The molecule has 9 nitrogen and oxygen atoms in total. The van der Waals surface area contributed by atoms with Gasteiger partial charge in [-0.3, -0.25) is 14.6 Å². The Labute approximate surface area is 187 Å². The summed E-state index contributed by atoms with van der Waals surface area (Å²) in [4.78, 5) is 22.4. The lowest BCUT2D eigenvalue weighted by molar-refractivity contribution is -0.128. The fourth-order valence-electron chi connectivity index (χ4n) is 3.90. The monoisotopic (exact) mass is 445 g/mol. The zero-order valence-electron chi connectivity index (χ0n) is 17.5. The molecule has 10 heteroatoms. The topological polar surface area (TPSA) is 126 Å². The number of hydrogen-bond donors (Lipinski definition) is 2. The maximum atomic E-state index is 14.2. The molecule has 0 atom stereocenters. The number of likely N-dealkylation sites (tertiary alicyclic amines) is 1. The molecule has 0 saturated carbocycles. The zero-order chi connectivity index (χ0) is 22.9. The number of aromatic nitrogens is 4. The molecule has 33 heavy (non-hydrogen) atoms. The molecule has 1 aromatic carbocycles. The van der Waals surface area contributed by atoms with E-state index in [1.165, 1.54) is 18.3 Å². The summed E-state index contributed by atoms with van der Waals surface area (Å²) in [6.45, 7) is 0.950. The molecule has 4 heterocycles. The van der Waals surface area contributed by atoms with Crippen LogP contribution in [0.15, 0.2) is 59.5 Å². The molecule has 3 N–H and O–H groups in total. The third-order valence-corrected chi connectivity index (χ3v) is 5.59. The van der Waals surface area contributed by atoms with E-state index in [9.17, 15) is 9.18 Å². The average molecular weight is 445 g/mol. The van der Waals surface area contributed by atoms with Gasteiger partial charge in [0, 0.05) is 42.1 Å². The maximum absolute atomic E-state index is 14.2. The van der Waals surface area contributed by atoms with Gasteiger partial charge in [-0.1, -0.05) is 17.3 Å². The highest BCUT2D eigenvalue weighted by atomic mass is 19.1. The number of imidazole rings is 1. The molecule has 1 aliphatic rings. The van der Waals surface area contributed by atoms with Crippen molar-refractivity contribution in [3.8, 4) is 11.5 Å². The number of allylic oxidation sites excluding steroid dienone is 1. The smallest absolute Gasteiger partial charge is 0.246 e. The molecule has 1 amide bonds. The fourth-order valence-corrected chi connectivity index (χ4v) is 3.90. The molecule has 1 aliphatic heterocycles. The molecule has 0 unspecified atom stereocenters. The van der Waals surface area contributed by atoms with E-state index in [0.29, 0.717) is 47.2 Å². The minimum atomic E-state index is -0.498. The number of halogens is 1. The van der Waals surface area contributed by atoms with Gasteiger partial charge in [-0.05, 0) is 30.7 Å². The highest BCUT2D eigenvalue weighted by Gasteiger charge is 2.23. The first-order valence-electron chi connectivity index (χ1n) is 10.4. The van der Waals surface area contributed by atoms with E-state index in [0.717, 1.165) is 6.42 Å². The summed E-state index contributed by atoms with van der Waals surface area (Å²) < 4.78 is 21.3. The standard InChI is InChI=1S/C23H20FN7O2/c24-17-5-2-1-4-15(17)22(26)16(10-25)14-7-8-19-27-11-18(31(19)12-14)23-28-20(33-29-23)13-30-9-3-6-21(30)32/h1-2,4-5,7-8,10-12,26H,3,6,9,13,25H2/b16-10-,26-22?. The van der Waals surface area contributed by atoms with Crippen LogP contribution in [0.2, 0.25) is 0 Å². The number of carbonyl (C=O) groups excluding carboxylic acids is 1. The molecule has 0 radical (unpaired) electrons. The summed E-state index contributed by atoms with van der Waals surface area (Å²) in [7, 11) is 0. The Bertz CT molecular complexity index is 1400. The normalized spacial score (nSPS) is 14.4. The van der Waals surface area contributed by atoms with Gasteiger partial charge in [0.2, 0.25) is 17.6 Å². The van der Waals surface area contributed by atoms with Crippen molar-refractivity contribution in [2.75, 3.05) is 6.54 Å². The average Bonchev–Trinajstić information content (AvgIpc) is 3.55. The van der Waals surface area contributed by atoms with Gasteiger partial charge in [-0.2, -0.15) is 4.98 Å². The van der Waals surface area contributed by atoms with Crippen LogP contribution in [-0.4, -0.2) is 42.6 Å². The van der Waals surface area contributed by atoms with Crippen LogP contribution in [0.5, 0.6) is 0 Å². The van der Waals surface area contributed by atoms with E-state index in [1.54, 1.807) is 46.0 Å². The summed E-state index contributed by atoms with van der Waals surface area (Å²) in [6.07, 6.45) is 6.01. The highest BCUT2D eigenvalue weighted by Crippen LogP contribution is 2.25. The number of nitrogens with one attached hydrogen (secondary N) is 1. The van der Waals surface area contributed by atoms with Gasteiger partial charge in [0.25, 0.3) is 0 Å². The lowest BCUT2D eigenvalue weighted by Gasteiger charge is -2.11. The second kappa shape index (κ2) is 8.30. The predicted molar refractivity (Wildman–Crippen MR) is 119 cm³/mol. The minimum absolute atomic E-state index is 0.0336. The Balaban J connectivity index is 1.47. The molecule has 0 spiro atoms. The number of nitrogens with zero attached hydrogens (tertiary/aromatic N) is 5. The van der Waals surface area contributed by atoms with Gasteiger partial charge in [-0.25, -0.2) is 9.37 Å². The van der Waals surface area contributed by atoms with Crippen LogP contribution in [0.3, 0.4) is 0 Å². The molecule has 0 aliphatic carbocycles. The van der Waals surface area contributed by atoms with Gasteiger partial charge >= 0.3 is 0 Å². The molecule has 1 saturated heterocycles. The lowest BCUT2D eigenvalue weighted by Crippen LogP contribution is -2.23. The first-order chi connectivity index (χ1) is 16.0. The van der Waals surface area contributed by atoms with E-state index in [2.05, 4.69) is 15.1 Å². The Hall–Kier alpha value is -4.34. The molecular formula is C23H20FN7O2. The van der Waals surface area contributed by atoms with Gasteiger partial charge < -0.3 is 15.2 Å². The van der Waals surface area contributed by atoms with Crippen molar-refractivity contribution in [2.24, 2.45) is 5.73 Å². The van der Waals surface area contributed by atoms with E-state index < -0.39 is 5.82 Å². The number of nitrogens with two attached hydrogens (primary N) is 1. The molecular weight excluding hydrogens is 425 g/mol. The van der Waals surface area contributed by atoms with Crippen LogP contribution in [0.4, 0.5) is 4.39 Å². The number of pyridine rings is 1. The van der Waals surface area contributed by atoms with Crippen LogP contribution in [0.1, 0.15) is 29.9 Å². The third-order valence-electron chi connectivity index (χ3n) is 5.59. The van der Waals surface area contributed by atoms with Crippen molar-refractivity contribution in [3.05, 3.63) is 77.8 Å². The van der Waals surface area contributed by atoms with Gasteiger partial charge in [0.05, 0.1) is 18.5 Å². The third kappa shape index (κ3) is 3.75. The Morgan fingerprint density at radius 2 is 2.12 bits per heavy atom. The van der Waals surface area contributed by atoms with Crippen LogP contribution < -0.4 is 5.73 Å². The van der Waals surface area contributed by atoms with Crippen LogP contribution in [0, 0.1) is 11.2 Å². The SMILES string of the molecule is N=C(/C(=C\N)c1ccc2ncc(-c3noc(CN4CCCC4=O)n3)n2c1)c1ccccc1F. The van der Waals surface area contributed by atoms with E-state index in [-0.39, 0.29) is 23.7 Å². The number of hydrogen-bond acceptors (Lipinski definition) is 7. The fraction of sp³-hybridized carbons (Fsp3) is 0.174. The largest absolute Gasteiger partial charge is 0.404 e. The van der Waals surface area contributed by atoms with Crippen molar-refractivity contribution in [1.82, 2.24) is 24.4 Å². The molecule has 1 fully saturated rings. The number of carbonyl (C=O) groups is 1. The first-order valence-corrected chi connectivity index (χ1v) is 10.4. The zero-order valence-corrected chi connectivity index (χ0v) is 17.5. The second-order valence-corrected chi connectivity index (χ2v) is 7.66. The summed E-state index contributed by atoms with van der Waals surface area (Å²) >= 11 is 0. The second-order valence-electron chi connectivity index (χ2n) is 7.66. The number of benzene rings is 1. The summed E-state index contributed by atoms with van der Waals surface area (Å²) in [5.41, 5.74) is 8.12. The number of fused-ring (bicyclic) bond motifs is 1. The van der Waals surface area contributed by atoms with Gasteiger partial charge in [0.1, 0.15) is 17.2 Å². The summed E-state index contributed by atoms with van der Waals surface area (Å²) in [5, 5.41) is 12.5. The minimum Gasteiger partial charge on any atom is -0.404 e. The molecule has 4 aromatic rings. The number of rotatable bonds is 6. The maximum Gasteiger partial charge on any atom is 0.246 e. The van der Waals surface area contributed by atoms with Crippen molar-refractivity contribution in [1.29, 1.82) is 5.41 Å². The Kier molecular flexibility index (Phi) is 5.17. The molecule has 166 valence electrons. The van der Waals surface area contributed by atoms with Crippen molar-refractivity contribution in [3.63, 3.8) is 0 Å². The summed E-state index contributed by atoms with van der Waals surface area (Å²) in [5.74, 6) is 0.244.